The van der Waals surface area contributed by atoms with E-state index in [0.29, 0.717) is 25.4 Å². The molecule has 0 radical (unpaired) electrons. The van der Waals surface area contributed by atoms with Crippen LogP contribution in [0, 0.1) is 40.4 Å². The molecule has 50 heavy (non-hydrogen) atoms. The minimum atomic E-state index is -1.55. The summed E-state index contributed by atoms with van der Waals surface area (Å²) in [6.45, 7) is 6.20. The van der Waals surface area contributed by atoms with Crippen LogP contribution in [0.25, 0.3) is 0 Å². The zero-order chi connectivity index (χ0) is 35.7. The van der Waals surface area contributed by atoms with Crippen molar-refractivity contribution in [1.29, 1.82) is 0 Å². The van der Waals surface area contributed by atoms with Crippen molar-refractivity contribution in [2.24, 2.45) is 40.4 Å². The highest BCUT2D eigenvalue weighted by Gasteiger charge is 2.69. The Morgan fingerprint density at radius 1 is 0.900 bits per heavy atom. The highest BCUT2D eigenvalue weighted by Crippen LogP contribution is 2.70. The molecule has 6 fully saturated rings. The van der Waals surface area contributed by atoms with Crippen molar-refractivity contribution in [3.8, 4) is 0 Å². The Hall–Kier alpha value is -1.23. The Kier molecular flexibility index (Phi) is 10.3. The molecule has 6 N–H and O–H groups in total. The van der Waals surface area contributed by atoms with Crippen LogP contribution in [0.1, 0.15) is 78.6 Å². The normalized spacial score (nSPS) is 53.6. The van der Waals surface area contributed by atoms with E-state index in [1.54, 1.807) is 13.2 Å². The van der Waals surface area contributed by atoms with Crippen molar-refractivity contribution < 1.29 is 63.9 Å². The summed E-state index contributed by atoms with van der Waals surface area (Å²) >= 11 is 0. The van der Waals surface area contributed by atoms with E-state index in [9.17, 15) is 35.4 Å². The van der Waals surface area contributed by atoms with Gasteiger partial charge < -0.3 is 59.1 Å². The molecule has 7 rings (SSSR count). The van der Waals surface area contributed by atoms with Gasteiger partial charge in [0.25, 0.3) is 0 Å². The topological polar surface area (TPSA) is 194 Å². The van der Waals surface area contributed by atoms with Crippen molar-refractivity contribution in [3.05, 3.63) is 11.6 Å². The maximum atomic E-state index is 12.6. The molecule has 3 aliphatic heterocycles. The maximum absolute atomic E-state index is 12.6. The first-order valence-electron chi connectivity index (χ1n) is 18.8. The molecule has 0 bridgehead atoms. The van der Waals surface area contributed by atoms with Crippen LogP contribution in [0.5, 0.6) is 0 Å². The van der Waals surface area contributed by atoms with E-state index < -0.39 is 67.5 Å². The van der Waals surface area contributed by atoms with Crippen molar-refractivity contribution in [1.82, 2.24) is 0 Å². The number of carbonyl (C=O) groups is 1. The van der Waals surface area contributed by atoms with Gasteiger partial charge in [0.2, 0.25) is 0 Å². The van der Waals surface area contributed by atoms with Gasteiger partial charge in [0.1, 0.15) is 37.1 Å². The first-order valence-corrected chi connectivity index (χ1v) is 18.8. The lowest BCUT2D eigenvalue weighted by molar-refractivity contribution is -0.346. The lowest BCUT2D eigenvalue weighted by atomic mass is 9.41. The molecule has 284 valence electrons. The van der Waals surface area contributed by atoms with Crippen LogP contribution in [0.2, 0.25) is 0 Å². The Morgan fingerprint density at radius 3 is 2.36 bits per heavy atom. The average Bonchev–Trinajstić information content (AvgIpc) is 3.64. The van der Waals surface area contributed by atoms with E-state index in [1.165, 1.54) is 0 Å². The fourth-order valence-corrected chi connectivity index (χ4v) is 12.1. The number of aliphatic hydroxyl groups is 6. The number of hydrogen-bond acceptors (Lipinski definition) is 13. The van der Waals surface area contributed by atoms with Gasteiger partial charge in [-0.25, -0.2) is 4.79 Å². The number of cyclic esters (lactones) is 1. The van der Waals surface area contributed by atoms with Crippen LogP contribution in [-0.4, -0.2) is 131 Å². The SMILES string of the molecule is CO[C@H]1C[C@H](O[C@H]2C[C@@H](CO)[C@@]3(C)[C@H](CC[C@@H]4[C@@H]3CC[C@]3(C)[C@@H](C5=CC(=O)OC5)CC[C@]43O)C2)O[C@H](C)[C@@H]1O[C@H]1O[C@H](CO)[C@@H](O)[C@H](O)[C@H]1O. The molecule has 0 aromatic carbocycles. The Bertz CT molecular complexity index is 1270. The number of ether oxygens (including phenoxy) is 6. The molecule has 3 heterocycles. The third-order valence-electron chi connectivity index (χ3n) is 14.9. The fourth-order valence-electron chi connectivity index (χ4n) is 12.1. The lowest BCUT2D eigenvalue weighted by Crippen LogP contribution is -2.64. The summed E-state index contributed by atoms with van der Waals surface area (Å²) in [5.41, 5.74) is -0.273. The Balaban J connectivity index is 1.01. The second-order valence-corrected chi connectivity index (χ2v) is 16.8. The van der Waals surface area contributed by atoms with Crippen molar-refractivity contribution in [2.45, 2.75) is 146 Å². The minimum absolute atomic E-state index is 0.00530. The Labute approximate surface area is 294 Å². The van der Waals surface area contributed by atoms with Gasteiger partial charge >= 0.3 is 5.97 Å². The molecule has 0 spiro atoms. The van der Waals surface area contributed by atoms with Crippen LogP contribution in [-0.2, 0) is 33.2 Å². The first-order chi connectivity index (χ1) is 23.8. The summed E-state index contributed by atoms with van der Waals surface area (Å²) in [5, 5.41) is 64.0. The highest BCUT2D eigenvalue weighted by atomic mass is 16.7. The standard InChI is InChI=1S/C37H58O13/c1-18-33(50-34-32(43)31(42)30(41)27(16-39)49-34)26(45-4)14-29(47-18)48-22-12-20-5-6-25-24(36(20,3)21(13-22)15-38)7-9-35(2)23(8-10-37(25,35)44)19-11-28(40)46-17-19/h11,18,20-27,29-34,38-39,41-44H,5-10,12-17H2,1-4H3/t18-,20-,21+,22-,23-,24+,25-,26+,27-,29+,30-,31+,32-,33+,34-,35-,36-,37+/m1/s1. The van der Waals surface area contributed by atoms with E-state index in [-0.39, 0.29) is 53.2 Å². The number of esters is 1. The van der Waals surface area contributed by atoms with Gasteiger partial charge in [0.05, 0.1) is 30.5 Å². The number of hydrogen-bond donors (Lipinski definition) is 6. The molecule has 4 aliphatic carbocycles. The van der Waals surface area contributed by atoms with Crippen molar-refractivity contribution >= 4 is 5.97 Å². The van der Waals surface area contributed by atoms with Crippen LogP contribution >= 0.6 is 0 Å². The third-order valence-corrected chi connectivity index (χ3v) is 14.9. The number of carbonyl (C=O) groups excluding carboxylic acids is 1. The van der Waals surface area contributed by atoms with Gasteiger partial charge in [-0.15, -0.1) is 0 Å². The zero-order valence-corrected chi connectivity index (χ0v) is 29.8. The molecule has 18 atom stereocenters. The monoisotopic (exact) mass is 710 g/mol. The molecule has 4 saturated carbocycles. The molecule has 2 saturated heterocycles. The second kappa shape index (κ2) is 13.9. The number of rotatable bonds is 8. The van der Waals surface area contributed by atoms with Gasteiger partial charge in [0.15, 0.2) is 12.6 Å². The molecule has 13 nitrogen and oxygen atoms in total. The van der Waals surface area contributed by atoms with Crippen molar-refractivity contribution in [3.63, 3.8) is 0 Å². The summed E-state index contributed by atoms with van der Waals surface area (Å²) in [6.07, 6.45) is -0.642. The van der Waals surface area contributed by atoms with Crippen LogP contribution in [0.4, 0.5) is 0 Å². The lowest BCUT2D eigenvalue weighted by Gasteiger charge is -2.65. The summed E-state index contributed by atoms with van der Waals surface area (Å²) in [4.78, 5) is 11.9. The molecule has 7 aliphatic rings. The summed E-state index contributed by atoms with van der Waals surface area (Å²) in [6, 6.07) is 0. The van der Waals surface area contributed by atoms with Crippen LogP contribution in [0.15, 0.2) is 11.6 Å². The van der Waals surface area contributed by atoms with E-state index in [0.717, 1.165) is 50.5 Å². The first kappa shape index (κ1) is 37.1. The average molecular weight is 711 g/mol. The molecule has 0 aromatic rings. The molecule has 13 heteroatoms. The van der Waals surface area contributed by atoms with Crippen molar-refractivity contribution in [2.75, 3.05) is 26.9 Å². The summed E-state index contributed by atoms with van der Waals surface area (Å²) in [7, 11) is 1.56. The van der Waals surface area contributed by atoms with Gasteiger partial charge in [-0.3, -0.25) is 0 Å². The van der Waals surface area contributed by atoms with Crippen LogP contribution < -0.4 is 0 Å². The maximum Gasteiger partial charge on any atom is 0.331 e. The minimum Gasteiger partial charge on any atom is -0.458 e. The predicted octanol–water partition coefficient (Wildman–Crippen LogP) is 1.18. The van der Waals surface area contributed by atoms with Gasteiger partial charge in [-0.1, -0.05) is 13.8 Å². The molecular weight excluding hydrogens is 652 g/mol. The quantitative estimate of drug-likeness (QED) is 0.156. The van der Waals surface area contributed by atoms with E-state index >= 15 is 0 Å². The summed E-state index contributed by atoms with van der Waals surface area (Å²) in [5.74, 6) is 0.569. The molecular formula is C37H58O13. The van der Waals surface area contributed by atoms with E-state index in [1.807, 2.05) is 6.92 Å². The smallest absolute Gasteiger partial charge is 0.331 e. The third kappa shape index (κ3) is 5.82. The molecule has 0 aromatic heterocycles. The van der Waals surface area contributed by atoms with Gasteiger partial charge in [-0.2, -0.15) is 0 Å². The van der Waals surface area contributed by atoms with E-state index in [4.69, 9.17) is 28.4 Å². The zero-order valence-electron chi connectivity index (χ0n) is 29.8. The fraction of sp³-hybridized carbons (Fsp3) is 0.919. The van der Waals surface area contributed by atoms with E-state index in [2.05, 4.69) is 13.8 Å². The number of methoxy groups -OCH3 is 1. The summed E-state index contributed by atoms with van der Waals surface area (Å²) < 4.78 is 35.7. The molecule has 0 unspecified atom stereocenters. The highest BCUT2D eigenvalue weighted by molar-refractivity contribution is 5.85. The van der Waals surface area contributed by atoms with Gasteiger partial charge in [0, 0.05) is 31.6 Å². The second-order valence-electron chi connectivity index (χ2n) is 16.8. The van der Waals surface area contributed by atoms with Gasteiger partial charge in [-0.05, 0) is 98.9 Å². The largest absolute Gasteiger partial charge is 0.458 e. The van der Waals surface area contributed by atoms with Crippen LogP contribution in [0.3, 0.4) is 0 Å². The Morgan fingerprint density at radius 2 is 1.68 bits per heavy atom. The molecule has 0 amide bonds. The number of fused-ring (bicyclic) bond motifs is 5. The number of aliphatic hydroxyl groups excluding tert-OH is 5. The predicted molar refractivity (Wildman–Crippen MR) is 175 cm³/mol.